The normalized spacial score (nSPS) is 17.6. The maximum absolute atomic E-state index is 4.27. The van der Waals surface area contributed by atoms with Crippen LogP contribution in [0.25, 0.3) is 0 Å². The van der Waals surface area contributed by atoms with Crippen LogP contribution in [0.3, 0.4) is 0 Å². The molecule has 1 aliphatic carbocycles. The highest BCUT2D eigenvalue weighted by Crippen LogP contribution is 2.25. The first kappa shape index (κ1) is 10.1. The molecule has 0 aromatic carbocycles. The molecule has 1 aliphatic heterocycles. The SMILES string of the molecule is CC.CC1=NSC2=C=C1C=CC=C2. The Kier molecular flexibility index (Phi) is 3.81. The van der Waals surface area contributed by atoms with Crippen molar-refractivity contribution in [2.24, 2.45) is 4.40 Å². The third-order valence-electron chi connectivity index (χ3n) is 1.55. The summed E-state index contributed by atoms with van der Waals surface area (Å²) >= 11 is 1.49. The van der Waals surface area contributed by atoms with Gasteiger partial charge in [-0.3, -0.25) is 0 Å². The predicted molar refractivity (Wildman–Crippen MR) is 60.9 cm³/mol. The Morgan fingerprint density at radius 2 is 1.92 bits per heavy atom. The highest BCUT2D eigenvalue weighted by atomic mass is 32.2. The van der Waals surface area contributed by atoms with Gasteiger partial charge in [-0.2, -0.15) is 0 Å². The fourth-order valence-electron chi connectivity index (χ4n) is 0.942. The van der Waals surface area contributed by atoms with Gasteiger partial charge in [0.2, 0.25) is 0 Å². The number of allylic oxidation sites excluding steroid dienone is 4. The molecule has 13 heavy (non-hydrogen) atoms. The molecule has 2 bridgehead atoms. The Morgan fingerprint density at radius 3 is 2.69 bits per heavy atom. The fraction of sp³-hybridized carbons (Fsp3) is 0.273. The van der Waals surface area contributed by atoms with Crippen molar-refractivity contribution in [1.82, 2.24) is 0 Å². The van der Waals surface area contributed by atoms with E-state index in [1.807, 2.05) is 45.1 Å². The van der Waals surface area contributed by atoms with Gasteiger partial charge in [0, 0.05) is 17.5 Å². The Hall–Kier alpha value is -0.980. The number of nitrogens with zero attached hydrogens (tertiary/aromatic N) is 1. The summed E-state index contributed by atoms with van der Waals surface area (Å²) in [5, 5.41) is 0. The lowest BCUT2D eigenvalue weighted by Crippen LogP contribution is -1.94. The highest BCUT2D eigenvalue weighted by molar-refractivity contribution is 8.02. The van der Waals surface area contributed by atoms with Crippen molar-refractivity contribution in [1.29, 1.82) is 0 Å². The van der Waals surface area contributed by atoms with E-state index in [4.69, 9.17) is 0 Å². The zero-order valence-electron chi connectivity index (χ0n) is 8.16. The van der Waals surface area contributed by atoms with Gasteiger partial charge in [-0.1, -0.05) is 31.7 Å². The molecule has 0 saturated heterocycles. The fourth-order valence-corrected chi connectivity index (χ4v) is 1.57. The first-order chi connectivity index (χ1) is 6.36. The molecule has 0 atom stereocenters. The topological polar surface area (TPSA) is 12.4 Å². The molecule has 0 saturated carbocycles. The average Bonchev–Trinajstić information content (AvgIpc) is 2.38. The Bertz CT molecular complexity index is 339. The quantitative estimate of drug-likeness (QED) is 0.420. The van der Waals surface area contributed by atoms with E-state index >= 15 is 0 Å². The van der Waals surface area contributed by atoms with Crippen LogP contribution in [-0.2, 0) is 0 Å². The van der Waals surface area contributed by atoms with E-state index in [0.717, 1.165) is 16.2 Å². The highest BCUT2D eigenvalue weighted by Gasteiger charge is 2.05. The Balaban J connectivity index is 0.000000396. The molecular formula is C11H13NS. The molecule has 0 amide bonds. The van der Waals surface area contributed by atoms with Crippen LogP contribution in [0.2, 0.25) is 0 Å². The molecule has 0 aromatic heterocycles. The monoisotopic (exact) mass is 191 g/mol. The second-order valence-corrected chi connectivity index (χ2v) is 3.19. The smallest absolute Gasteiger partial charge is 0.0730 e. The van der Waals surface area contributed by atoms with E-state index in [-0.39, 0.29) is 0 Å². The predicted octanol–water partition coefficient (Wildman–Crippen LogP) is 3.67. The van der Waals surface area contributed by atoms with Crippen molar-refractivity contribution in [3.63, 3.8) is 0 Å². The second kappa shape index (κ2) is 4.90. The van der Waals surface area contributed by atoms with E-state index < -0.39 is 0 Å². The standard InChI is InChI=1S/C9H7NS.C2H6/c1-7-8-4-2-3-5-9(6-8)11-10-7;1-2/h2-5H,1H3;1-2H3. The molecule has 0 fully saturated rings. The summed E-state index contributed by atoms with van der Waals surface area (Å²) in [4.78, 5) is 1.09. The summed E-state index contributed by atoms with van der Waals surface area (Å²) in [6.07, 6.45) is 8.07. The van der Waals surface area contributed by atoms with Gasteiger partial charge in [-0.15, -0.1) is 0 Å². The van der Waals surface area contributed by atoms with Gasteiger partial charge in [-0.05, 0) is 19.1 Å². The van der Waals surface area contributed by atoms with Gasteiger partial charge in [-0.25, -0.2) is 4.40 Å². The molecule has 2 heteroatoms. The van der Waals surface area contributed by atoms with Crippen LogP contribution in [0, 0.1) is 0 Å². The maximum Gasteiger partial charge on any atom is 0.0730 e. The van der Waals surface area contributed by atoms with Crippen molar-refractivity contribution >= 4 is 17.7 Å². The van der Waals surface area contributed by atoms with Gasteiger partial charge in [0.15, 0.2) is 0 Å². The van der Waals surface area contributed by atoms with Gasteiger partial charge in [0.25, 0.3) is 0 Å². The van der Waals surface area contributed by atoms with Gasteiger partial charge >= 0.3 is 0 Å². The maximum atomic E-state index is 4.27. The molecular weight excluding hydrogens is 178 g/mol. The van der Waals surface area contributed by atoms with E-state index in [1.165, 1.54) is 11.9 Å². The first-order valence-electron chi connectivity index (χ1n) is 4.44. The molecule has 2 rings (SSSR count). The zero-order chi connectivity index (χ0) is 9.68. The number of rotatable bonds is 0. The van der Waals surface area contributed by atoms with Gasteiger partial charge in [0.05, 0.1) is 10.6 Å². The van der Waals surface area contributed by atoms with Crippen LogP contribution >= 0.6 is 11.9 Å². The summed E-state index contributed by atoms with van der Waals surface area (Å²) in [5.41, 5.74) is 5.41. The minimum Gasteiger partial charge on any atom is -0.214 e. The average molecular weight is 191 g/mol. The molecule has 2 aliphatic rings. The summed E-state index contributed by atoms with van der Waals surface area (Å²) in [6.45, 7) is 6.00. The molecule has 0 N–H and O–H groups in total. The molecule has 1 nitrogen and oxygen atoms in total. The molecule has 0 spiro atoms. The van der Waals surface area contributed by atoms with Crippen LogP contribution < -0.4 is 0 Å². The van der Waals surface area contributed by atoms with Crippen molar-refractivity contribution in [3.05, 3.63) is 40.5 Å². The molecule has 0 aromatic rings. The van der Waals surface area contributed by atoms with Crippen molar-refractivity contribution in [2.75, 3.05) is 0 Å². The molecule has 68 valence electrons. The second-order valence-electron chi connectivity index (χ2n) is 2.39. The van der Waals surface area contributed by atoms with E-state index in [9.17, 15) is 0 Å². The van der Waals surface area contributed by atoms with Crippen molar-refractivity contribution in [3.8, 4) is 0 Å². The van der Waals surface area contributed by atoms with E-state index in [0.29, 0.717) is 0 Å². The minimum absolute atomic E-state index is 1.05. The van der Waals surface area contributed by atoms with Crippen LogP contribution in [0.4, 0.5) is 0 Å². The lowest BCUT2D eigenvalue weighted by atomic mass is 10.2. The molecule has 0 radical (unpaired) electrons. The van der Waals surface area contributed by atoms with Crippen LogP contribution in [0.5, 0.6) is 0 Å². The van der Waals surface area contributed by atoms with Gasteiger partial charge < -0.3 is 0 Å². The van der Waals surface area contributed by atoms with Gasteiger partial charge in [0.1, 0.15) is 0 Å². The van der Waals surface area contributed by atoms with Crippen LogP contribution in [0.15, 0.2) is 44.9 Å². The summed E-state index contributed by atoms with van der Waals surface area (Å²) in [5.74, 6) is 0. The van der Waals surface area contributed by atoms with Crippen molar-refractivity contribution < 1.29 is 0 Å². The Morgan fingerprint density at radius 1 is 1.23 bits per heavy atom. The lowest BCUT2D eigenvalue weighted by Gasteiger charge is -2.02. The third-order valence-corrected chi connectivity index (χ3v) is 2.35. The summed E-state index contributed by atoms with van der Waals surface area (Å²) in [7, 11) is 0. The number of hydrogen-bond donors (Lipinski definition) is 0. The lowest BCUT2D eigenvalue weighted by molar-refractivity contribution is 1.50. The summed E-state index contributed by atoms with van der Waals surface area (Å²) < 4.78 is 4.27. The largest absolute Gasteiger partial charge is 0.214 e. The molecule has 1 heterocycles. The van der Waals surface area contributed by atoms with Crippen LogP contribution in [0.1, 0.15) is 20.8 Å². The molecule has 0 unspecified atom stereocenters. The summed E-state index contributed by atoms with van der Waals surface area (Å²) in [6, 6.07) is 0. The van der Waals surface area contributed by atoms with E-state index in [2.05, 4.69) is 10.1 Å². The Labute approximate surface area is 83.8 Å². The minimum atomic E-state index is 1.05. The van der Waals surface area contributed by atoms with Crippen molar-refractivity contribution in [2.45, 2.75) is 20.8 Å². The zero-order valence-corrected chi connectivity index (χ0v) is 8.98. The van der Waals surface area contributed by atoms with Crippen LogP contribution in [-0.4, -0.2) is 5.71 Å². The number of hydrogen-bond acceptors (Lipinski definition) is 2. The van der Waals surface area contributed by atoms with E-state index in [1.54, 1.807) is 0 Å². The first-order valence-corrected chi connectivity index (χ1v) is 5.21. The third kappa shape index (κ3) is 2.48.